The number of hydrogen-bond acceptors (Lipinski definition) is 5. The highest BCUT2D eigenvalue weighted by Crippen LogP contribution is 2.17. The second-order valence-corrected chi connectivity index (χ2v) is 4.05. The van der Waals surface area contributed by atoms with Crippen LogP contribution in [0.25, 0.3) is 0 Å². The maximum Gasteiger partial charge on any atom is 0.162 e. The zero-order chi connectivity index (χ0) is 11.4. The number of piperazine rings is 1. The highest BCUT2D eigenvalue weighted by atomic mass is 32.1. The Hall–Kier alpha value is -1.29. The Balaban J connectivity index is 2.07. The van der Waals surface area contributed by atoms with Crippen LogP contribution in [0.4, 0.5) is 11.5 Å². The number of aromatic nitrogens is 1. The molecule has 2 rings (SSSR count). The van der Waals surface area contributed by atoms with Crippen molar-refractivity contribution in [1.82, 2.24) is 9.88 Å². The zero-order valence-electron chi connectivity index (χ0n) is 9.26. The Bertz CT molecular complexity index is 389. The molecule has 1 aliphatic heterocycles. The van der Waals surface area contributed by atoms with Crippen LogP contribution in [0.15, 0.2) is 23.3 Å². The van der Waals surface area contributed by atoms with Gasteiger partial charge in [-0.1, -0.05) is 0 Å². The molecular formula is C11H14N4S. The fourth-order valence-corrected chi connectivity index (χ4v) is 1.84. The summed E-state index contributed by atoms with van der Waals surface area (Å²) in [5, 5.41) is 2.31. The standard InChI is InChI=1S/C11H14N4S/c1-14-4-6-15(7-5-14)10-2-3-11(12-8-10)13-9-16/h2-3,8H,4-7H2,1H3. The number of likely N-dealkylation sites (N-methyl/N-ethyl adjacent to an activating group) is 1. The van der Waals surface area contributed by atoms with Gasteiger partial charge in [-0.2, -0.15) is 4.99 Å². The smallest absolute Gasteiger partial charge is 0.162 e. The molecule has 0 spiro atoms. The van der Waals surface area contributed by atoms with Crippen LogP contribution in [0.1, 0.15) is 0 Å². The lowest BCUT2D eigenvalue weighted by Crippen LogP contribution is -2.44. The van der Waals surface area contributed by atoms with Gasteiger partial charge in [0, 0.05) is 26.2 Å². The first-order valence-electron chi connectivity index (χ1n) is 5.27. The van der Waals surface area contributed by atoms with Gasteiger partial charge in [-0.15, -0.1) is 0 Å². The molecule has 0 bridgehead atoms. The van der Waals surface area contributed by atoms with E-state index in [9.17, 15) is 0 Å². The van der Waals surface area contributed by atoms with Gasteiger partial charge in [0.2, 0.25) is 0 Å². The van der Waals surface area contributed by atoms with E-state index in [1.54, 1.807) is 0 Å². The molecule has 16 heavy (non-hydrogen) atoms. The number of pyridine rings is 1. The first-order valence-corrected chi connectivity index (χ1v) is 5.68. The van der Waals surface area contributed by atoms with Gasteiger partial charge in [-0.3, -0.25) is 0 Å². The fraction of sp³-hybridized carbons (Fsp3) is 0.455. The largest absolute Gasteiger partial charge is 0.368 e. The first-order chi connectivity index (χ1) is 7.79. The van der Waals surface area contributed by atoms with Crippen molar-refractivity contribution in [1.29, 1.82) is 0 Å². The number of isothiocyanates is 1. The van der Waals surface area contributed by atoms with Gasteiger partial charge >= 0.3 is 0 Å². The highest BCUT2D eigenvalue weighted by Gasteiger charge is 2.14. The zero-order valence-corrected chi connectivity index (χ0v) is 10.1. The Kier molecular flexibility index (Phi) is 3.62. The Morgan fingerprint density at radius 3 is 2.62 bits per heavy atom. The molecule has 1 saturated heterocycles. The summed E-state index contributed by atoms with van der Waals surface area (Å²) in [6.07, 6.45) is 1.84. The van der Waals surface area contributed by atoms with E-state index in [0.29, 0.717) is 5.82 Å². The van der Waals surface area contributed by atoms with Gasteiger partial charge in [0.05, 0.1) is 17.0 Å². The molecule has 1 aromatic heterocycles. The van der Waals surface area contributed by atoms with Crippen molar-refractivity contribution in [2.75, 3.05) is 38.1 Å². The van der Waals surface area contributed by atoms with Crippen molar-refractivity contribution in [3.8, 4) is 0 Å². The quantitative estimate of drug-likeness (QED) is 0.574. The van der Waals surface area contributed by atoms with Gasteiger partial charge in [0.25, 0.3) is 0 Å². The lowest BCUT2D eigenvalue weighted by molar-refractivity contribution is 0.313. The van der Waals surface area contributed by atoms with Crippen LogP contribution in [0, 0.1) is 0 Å². The summed E-state index contributed by atoms with van der Waals surface area (Å²) < 4.78 is 0. The molecule has 0 saturated carbocycles. The summed E-state index contributed by atoms with van der Waals surface area (Å²) in [6.45, 7) is 4.29. The Labute approximate surface area is 101 Å². The molecule has 0 atom stereocenters. The number of thiocarbonyl (C=S) groups is 1. The van der Waals surface area contributed by atoms with Crippen molar-refractivity contribution in [2.24, 2.45) is 4.99 Å². The van der Waals surface area contributed by atoms with Crippen LogP contribution < -0.4 is 4.90 Å². The predicted molar refractivity (Wildman–Crippen MR) is 68.6 cm³/mol. The van der Waals surface area contributed by atoms with Crippen molar-refractivity contribution in [2.45, 2.75) is 0 Å². The van der Waals surface area contributed by atoms with E-state index in [0.717, 1.165) is 31.9 Å². The third kappa shape index (κ3) is 2.64. The summed E-state index contributed by atoms with van der Waals surface area (Å²) in [4.78, 5) is 12.7. The summed E-state index contributed by atoms with van der Waals surface area (Å²) >= 11 is 4.53. The van der Waals surface area contributed by atoms with Gasteiger partial charge in [0.1, 0.15) is 0 Å². The van der Waals surface area contributed by atoms with Crippen LogP contribution >= 0.6 is 12.2 Å². The summed E-state index contributed by atoms with van der Waals surface area (Å²) in [5.74, 6) is 0.618. The SMILES string of the molecule is CN1CCN(c2ccc(N=C=S)nc2)CC1. The third-order valence-electron chi connectivity index (χ3n) is 2.76. The number of nitrogens with zero attached hydrogens (tertiary/aromatic N) is 4. The van der Waals surface area contributed by atoms with Gasteiger partial charge in [-0.25, -0.2) is 4.98 Å². The topological polar surface area (TPSA) is 31.7 Å². The molecule has 1 fully saturated rings. The van der Waals surface area contributed by atoms with Crippen LogP contribution in [0.2, 0.25) is 0 Å². The number of anilines is 1. The van der Waals surface area contributed by atoms with Gasteiger partial charge < -0.3 is 9.80 Å². The molecule has 1 aliphatic rings. The molecule has 0 amide bonds. The Morgan fingerprint density at radius 2 is 2.06 bits per heavy atom. The normalized spacial score (nSPS) is 16.9. The van der Waals surface area contributed by atoms with Crippen molar-refractivity contribution >= 4 is 28.9 Å². The molecule has 0 aromatic carbocycles. The van der Waals surface area contributed by atoms with E-state index in [-0.39, 0.29) is 0 Å². The van der Waals surface area contributed by atoms with Crippen molar-refractivity contribution in [3.05, 3.63) is 18.3 Å². The molecule has 4 nitrogen and oxygen atoms in total. The van der Waals surface area contributed by atoms with E-state index in [2.05, 4.69) is 44.2 Å². The van der Waals surface area contributed by atoms with E-state index >= 15 is 0 Å². The fourth-order valence-electron chi connectivity index (χ4n) is 1.74. The second-order valence-electron chi connectivity index (χ2n) is 3.87. The van der Waals surface area contributed by atoms with E-state index < -0.39 is 0 Å². The van der Waals surface area contributed by atoms with Crippen molar-refractivity contribution in [3.63, 3.8) is 0 Å². The van der Waals surface area contributed by atoms with Gasteiger partial charge in [0.15, 0.2) is 5.82 Å². The summed E-state index contributed by atoms with van der Waals surface area (Å²) in [6, 6.07) is 3.90. The van der Waals surface area contributed by atoms with Gasteiger partial charge in [-0.05, 0) is 31.4 Å². The number of aliphatic imine (C=N–C) groups is 1. The van der Waals surface area contributed by atoms with E-state index in [4.69, 9.17) is 0 Å². The molecule has 0 aliphatic carbocycles. The van der Waals surface area contributed by atoms with E-state index in [1.165, 1.54) is 0 Å². The number of hydrogen-bond donors (Lipinski definition) is 0. The summed E-state index contributed by atoms with van der Waals surface area (Å²) in [5.41, 5.74) is 1.15. The minimum Gasteiger partial charge on any atom is -0.368 e. The first kappa shape index (κ1) is 11.2. The van der Waals surface area contributed by atoms with E-state index in [1.807, 2.05) is 18.3 Å². The monoisotopic (exact) mass is 234 g/mol. The average Bonchev–Trinajstić information content (AvgIpc) is 2.32. The van der Waals surface area contributed by atoms with Crippen LogP contribution in [0.3, 0.4) is 0 Å². The average molecular weight is 234 g/mol. The predicted octanol–water partition coefficient (Wildman–Crippen LogP) is 1.57. The molecular weight excluding hydrogens is 220 g/mol. The molecule has 5 heteroatoms. The van der Waals surface area contributed by atoms with Crippen LogP contribution in [-0.4, -0.2) is 48.3 Å². The lowest BCUT2D eigenvalue weighted by Gasteiger charge is -2.33. The van der Waals surface area contributed by atoms with Crippen LogP contribution in [-0.2, 0) is 0 Å². The highest BCUT2D eigenvalue weighted by molar-refractivity contribution is 7.78. The minimum absolute atomic E-state index is 0.618. The maximum atomic E-state index is 4.53. The molecule has 0 unspecified atom stereocenters. The lowest BCUT2D eigenvalue weighted by atomic mass is 10.3. The van der Waals surface area contributed by atoms with Crippen molar-refractivity contribution < 1.29 is 0 Å². The summed E-state index contributed by atoms with van der Waals surface area (Å²) in [7, 11) is 2.15. The molecule has 1 aromatic rings. The molecule has 0 radical (unpaired) electrons. The third-order valence-corrected chi connectivity index (χ3v) is 2.85. The minimum atomic E-state index is 0.618. The molecule has 0 N–H and O–H groups in total. The maximum absolute atomic E-state index is 4.53. The Morgan fingerprint density at radius 1 is 1.31 bits per heavy atom. The number of rotatable bonds is 2. The molecule has 2 heterocycles. The molecule has 84 valence electrons. The second kappa shape index (κ2) is 5.16. The van der Waals surface area contributed by atoms with Crippen LogP contribution in [0.5, 0.6) is 0 Å².